The molecule has 2 N–H and O–H groups in total. The van der Waals surface area contributed by atoms with Crippen LogP contribution in [0.1, 0.15) is 57.9 Å². The van der Waals surface area contributed by atoms with E-state index in [1.165, 1.54) is 6.07 Å². The van der Waals surface area contributed by atoms with Crippen LogP contribution in [0.5, 0.6) is 0 Å². The Bertz CT molecular complexity index is 695. The lowest BCUT2D eigenvalue weighted by Gasteiger charge is -2.29. The molecule has 1 aromatic rings. The molecule has 0 radical (unpaired) electrons. The van der Waals surface area contributed by atoms with Gasteiger partial charge in [-0.25, -0.2) is 4.39 Å². The molecule has 5 nitrogen and oxygen atoms in total. The first-order valence-corrected chi connectivity index (χ1v) is 10.5. The van der Waals surface area contributed by atoms with Crippen LogP contribution in [0.25, 0.3) is 0 Å². The van der Waals surface area contributed by atoms with Gasteiger partial charge in [-0.2, -0.15) is 0 Å². The molecule has 0 spiro atoms. The summed E-state index contributed by atoms with van der Waals surface area (Å²) in [6, 6.07) is 7.22. The van der Waals surface area contributed by atoms with Crippen LogP contribution in [0, 0.1) is 11.7 Å². The molecule has 28 heavy (non-hydrogen) atoms. The van der Waals surface area contributed by atoms with E-state index in [0.717, 1.165) is 56.6 Å². The van der Waals surface area contributed by atoms with Gasteiger partial charge in [0.15, 0.2) is 5.96 Å². The van der Waals surface area contributed by atoms with Crippen LogP contribution in [0.3, 0.4) is 0 Å². The largest absolute Gasteiger partial charge is 0.466 e. The molecule has 0 aliphatic heterocycles. The summed E-state index contributed by atoms with van der Waals surface area (Å²) in [5.41, 5.74) is 1.02. The van der Waals surface area contributed by atoms with Gasteiger partial charge in [-0.1, -0.05) is 12.1 Å². The monoisotopic (exact) mass is 389 g/mol. The number of hydrogen-bond acceptors (Lipinski definition) is 3. The average molecular weight is 390 g/mol. The first-order chi connectivity index (χ1) is 13.6. The zero-order valence-electron chi connectivity index (χ0n) is 17.0. The fourth-order valence-electron chi connectivity index (χ4n) is 3.98. The molecule has 6 heteroatoms. The van der Waals surface area contributed by atoms with Crippen LogP contribution in [-0.4, -0.2) is 37.7 Å². The molecule has 2 fully saturated rings. The quantitative estimate of drug-likeness (QED) is 0.425. The van der Waals surface area contributed by atoms with Gasteiger partial charge in [-0.05, 0) is 70.1 Å². The molecular formula is C22H32FN3O2. The molecule has 0 saturated heterocycles. The number of carbonyl (C=O) groups is 1. The van der Waals surface area contributed by atoms with Gasteiger partial charge in [-0.3, -0.25) is 9.79 Å². The minimum Gasteiger partial charge on any atom is -0.466 e. The topological polar surface area (TPSA) is 62.7 Å². The number of guanidine groups is 1. The number of hydrogen-bond donors (Lipinski definition) is 2. The zero-order valence-corrected chi connectivity index (χ0v) is 17.0. The van der Waals surface area contributed by atoms with Gasteiger partial charge in [-0.15, -0.1) is 0 Å². The van der Waals surface area contributed by atoms with Crippen LogP contribution < -0.4 is 10.6 Å². The predicted molar refractivity (Wildman–Crippen MR) is 109 cm³/mol. The van der Waals surface area contributed by atoms with Gasteiger partial charge in [0, 0.05) is 18.0 Å². The smallest absolute Gasteiger partial charge is 0.308 e. The summed E-state index contributed by atoms with van der Waals surface area (Å²) >= 11 is 0. The minimum atomic E-state index is -0.184. The Morgan fingerprint density at radius 1 is 1.25 bits per heavy atom. The molecule has 0 atom stereocenters. The van der Waals surface area contributed by atoms with E-state index in [1.807, 2.05) is 19.9 Å². The molecule has 2 saturated carbocycles. The van der Waals surface area contributed by atoms with E-state index >= 15 is 0 Å². The van der Waals surface area contributed by atoms with Crippen molar-refractivity contribution in [1.29, 1.82) is 0 Å². The highest BCUT2D eigenvalue weighted by Gasteiger charge is 2.44. The molecule has 0 aromatic heterocycles. The SMILES string of the molecule is CCNC(=NCC1(c2cccc(F)c2)CC1)NC1CCC(C(=O)OCC)CC1. The first kappa shape index (κ1) is 20.6. The van der Waals surface area contributed by atoms with Crippen LogP contribution in [0.2, 0.25) is 0 Å². The number of aliphatic imine (C=N–C) groups is 1. The number of rotatable bonds is 7. The molecule has 0 bridgehead atoms. The number of ether oxygens (including phenoxy) is 1. The first-order valence-electron chi connectivity index (χ1n) is 10.5. The van der Waals surface area contributed by atoms with Crippen molar-refractivity contribution in [3.63, 3.8) is 0 Å². The molecule has 0 unspecified atom stereocenters. The zero-order chi connectivity index (χ0) is 20.0. The fraction of sp³-hybridized carbons (Fsp3) is 0.636. The Kier molecular flexibility index (Phi) is 6.92. The maximum atomic E-state index is 13.6. The molecular weight excluding hydrogens is 357 g/mol. The molecule has 2 aliphatic carbocycles. The van der Waals surface area contributed by atoms with Crippen LogP contribution in [0.15, 0.2) is 29.3 Å². The predicted octanol–water partition coefficient (Wildman–Crippen LogP) is 3.53. The lowest BCUT2D eigenvalue weighted by atomic mass is 9.86. The van der Waals surface area contributed by atoms with Crippen LogP contribution >= 0.6 is 0 Å². The van der Waals surface area contributed by atoms with Crippen molar-refractivity contribution in [2.45, 2.75) is 63.8 Å². The van der Waals surface area contributed by atoms with Crippen molar-refractivity contribution in [3.8, 4) is 0 Å². The van der Waals surface area contributed by atoms with Crippen molar-refractivity contribution in [2.75, 3.05) is 19.7 Å². The third kappa shape index (κ3) is 5.24. The van der Waals surface area contributed by atoms with Gasteiger partial charge in [0.05, 0.1) is 19.1 Å². The average Bonchev–Trinajstić information content (AvgIpc) is 3.48. The molecule has 0 amide bonds. The van der Waals surface area contributed by atoms with Crippen LogP contribution in [-0.2, 0) is 14.9 Å². The van der Waals surface area contributed by atoms with Gasteiger partial charge < -0.3 is 15.4 Å². The normalized spacial score (nSPS) is 23.8. The Labute approximate surface area is 167 Å². The highest BCUT2D eigenvalue weighted by molar-refractivity contribution is 5.80. The van der Waals surface area contributed by atoms with Gasteiger partial charge in [0.1, 0.15) is 5.82 Å². The Balaban J connectivity index is 1.56. The third-order valence-electron chi connectivity index (χ3n) is 5.86. The molecule has 1 aromatic carbocycles. The second-order valence-electron chi connectivity index (χ2n) is 7.93. The van der Waals surface area contributed by atoms with E-state index in [-0.39, 0.29) is 23.1 Å². The van der Waals surface area contributed by atoms with Gasteiger partial charge in [0.2, 0.25) is 0 Å². The number of nitrogens with zero attached hydrogens (tertiary/aromatic N) is 1. The summed E-state index contributed by atoms with van der Waals surface area (Å²) in [5.74, 6) is 0.591. The molecule has 3 rings (SSSR count). The standard InChI is InChI=1S/C22H32FN3O2/c1-3-24-21(26-19-10-8-16(9-11-19)20(27)28-4-2)25-15-22(12-13-22)17-6-5-7-18(23)14-17/h5-7,14,16,19H,3-4,8-13,15H2,1-2H3,(H2,24,25,26). The summed E-state index contributed by atoms with van der Waals surface area (Å²) in [6.07, 6.45) is 5.66. The number of esters is 1. The summed E-state index contributed by atoms with van der Waals surface area (Å²) in [6.45, 7) is 5.79. The molecule has 0 heterocycles. The number of nitrogens with one attached hydrogen (secondary N) is 2. The van der Waals surface area contributed by atoms with Crippen molar-refractivity contribution in [1.82, 2.24) is 10.6 Å². The Morgan fingerprint density at radius 2 is 2.00 bits per heavy atom. The highest BCUT2D eigenvalue weighted by Crippen LogP contribution is 2.48. The highest BCUT2D eigenvalue weighted by atomic mass is 19.1. The van der Waals surface area contributed by atoms with Crippen LogP contribution in [0.4, 0.5) is 4.39 Å². The Hall–Kier alpha value is -2.11. The maximum absolute atomic E-state index is 13.6. The van der Waals surface area contributed by atoms with E-state index in [9.17, 15) is 9.18 Å². The van der Waals surface area contributed by atoms with E-state index in [0.29, 0.717) is 19.2 Å². The van der Waals surface area contributed by atoms with E-state index in [1.54, 1.807) is 12.1 Å². The minimum absolute atomic E-state index is 0.0218. The second-order valence-corrected chi connectivity index (χ2v) is 7.93. The number of benzene rings is 1. The number of halogens is 1. The summed E-state index contributed by atoms with van der Waals surface area (Å²) in [5, 5.41) is 6.84. The van der Waals surface area contributed by atoms with Crippen molar-refractivity contribution in [3.05, 3.63) is 35.6 Å². The van der Waals surface area contributed by atoms with E-state index < -0.39 is 0 Å². The Morgan fingerprint density at radius 3 is 2.61 bits per heavy atom. The van der Waals surface area contributed by atoms with E-state index in [4.69, 9.17) is 9.73 Å². The maximum Gasteiger partial charge on any atom is 0.308 e. The summed E-state index contributed by atoms with van der Waals surface area (Å²) < 4.78 is 18.7. The van der Waals surface area contributed by atoms with Gasteiger partial charge >= 0.3 is 5.97 Å². The second kappa shape index (κ2) is 9.39. The van der Waals surface area contributed by atoms with Crippen molar-refractivity contribution < 1.29 is 13.9 Å². The lowest BCUT2D eigenvalue weighted by molar-refractivity contribution is -0.149. The van der Waals surface area contributed by atoms with Gasteiger partial charge in [0.25, 0.3) is 0 Å². The number of carbonyl (C=O) groups excluding carboxylic acids is 1. The molecule has 2 aliphatic rings. The third-order valence-corrected chi connectivity index (χ3v) is 5.86. The lowest BCUT2D eigenvalue weighted by Crippen LogP contribution is -2.45. The van der Waals surface area contributed by atoms with E-state index in [2.05, 4.69) is 10.6 Å². The summed E-state index contributed by atoms with van der Waals surface area (Å²) in [4.78, 5) is 16.7. The van der Waals surface area contributed by atoms with Crippen molar-refractivity contribution in [2.24, 2.45) is 10.9 Å². The molecule has 154 valence electrons. The summed E-state index contributed by atoms with van der Waals surface area (Å²) in [7, 11) is 0. The van der Waals surface area contributed by atoms with Crippen molar-refractivity contribution >= 4 is 11.9 Å². The fourth-order valence-corrected chi connectivity index (χ4v) is 3.98.